The molecule has 2 amide bonds. The van der Waals surface area contributed by atoms with Gasteiger partial charge in [-0.05, 0) is 73.7 Å². The Labute approximate surface area is 261 Å². The molecule has 8 heteroatoms. The van der Waals surface area contributed by atoms with Crippen molar-refractivity contribution in [3.63, 3.8) is 0 Å². The first-order valence-electron chi connectivity index (χ1n) is 14.9. The SMILES string of the molecule is CCCNC(=O)C(Cc1ccccc1)N(Cc1ccccc1)C(=O)CN(c1ccc(C)c(C)c1)S(=O)(=O)c1ccc(C)cc1. The summed E-state index contributed by atoms with van der Waals surface area (Å²) in [7, 11) is -4.14. The van der Waals surface area contributed by atoms with E-state index >= 15 is 0 Å². The molecule has 0 saturated heterocycles. The number of carbonyl (C=O) groups excluding carboxylic acids is 2. The van der Waals surface area contributed by atoms with Crippen molar-refractivity contribution in [3.8, 4) is 0 Å². The highest BCUT2D eigenvalue weighted by molar-refractivity contribution is 7.92. The zero-order valence-electron chi connectivity index (χ0n) is 25.9. The van der Waals surface area contributed by atoms with E-state index in [0.29, 0.717) is 12.2 Å². The molecule has 230 valence electrons. The van der Waals surface area contributed by atoms with E-state index in [1.54, 1.807) is 36.4 Å². The standard InChI is InChI=1S/C36H41N3O4S/c1-5-22-37-36(41)34(24-30-12-8-6-9-13-30)38(25-31-14-10-7-11-15-31)35(40)26-39(32-19-18-28(3)29(4)23-32)44(42,43)33-20-16-27(2)17-21-33/h6-21,23,34H,5,22,24-26H2,1-4H3,(H,37,41). The van der Waals surface area contributed by atoms with Gasteiger partial charge in [-0.2, -0.15) is 0 Å². The van der Waals surface area contributed by atoms with Crippen LogP contribution in [0.5, 0.6) is 0 Å². The molecule has 0 fully saturated rings. The summed E-state index contributed by atoms with van der Waals surface area (Å²) in [4.78, 5) is 29.8. The molecule has 0 spiro atoms. The van der Waals surface area contributed by atoms with Crippen LogP contribution in [-0.2, 0) is 32.6 Å². The van der Waals surface area contributed by atoms with E-state index in [4.69, 9.17) is 0 Å². The highest BCUT2D eigenvalue weighted by Gasteiger charge is 2.34. The second-order valence-electron chi connectivity index (χ2n) is 11.1. The van der Waals surface area contributed by atoms with Crippen molar-refractivity contribution in [2.24, 2.45) is 0 Å². The highest BCUT2D eigenvalue weighted by atomic mass is 32.2. The summed E-state index contributed by atoms with van der Waals surface area (Å²) in [6.45, 7) is 7.85. The van der Waals surface area contributed by atoms with E-state index in [9.17, 15) is 18.0 Å². The Hall–Kier alpha value is -4.43. The Balaban J connectivity index is 1.80. The summed E-state index contributed by atoms with van der Waals surface area (Å²) < 4.78 is 29.5. The number of amides is 2. The molecule has 44 heavy (non-hydrogen) atoms. The number of sulfonamides is 1. The molecule has 1 unspecified atom stereocenters. The minimum absolute atomic E-state index is 0.0882. The van der Waals surface area contributed by atoms with Crippen LogP contribution < -0.4 is 9.62 Å². The van der Waals surface area contributed by atoms with E-state index in [-0.39, 0.29) is 23.8 Å². The molecular weight excluding hydrogens is 570 g/mol. The van der Waals surface area contributed by atoms with E-state index in [1.165, 1.54) is 4.90 Å². The van der Waals surface area contributed by atoms with Gasteiger partial charge in [0.2, 0.25) is 11.8 Å². The molecule has 1 N–H and O–H groups in total. The lowest BCUT2D eigenvalue weighted by atomic mass is 10.0. The van der Waals surface area contributed by atoms with Crippen molar-refractivity contribution >= 4 is 27.5 Å². The van der Waals surface area contributed by atoms with Crippen molar-refractivity contribution in [2.45, 2.75) is 58.0 Å². The van der Waals surface area contributed by atoms with Crippen LogP contribution >= 0.6 is 0 Å². The minimum atomic E-state index is -4.14. The number of rotatable bonds is 13. The van der Waals surface area contributed by atoms with Gasteiger partial charge in [-0.3, -0.25) is 13.9 Å². The van der Waals surface area contributed by atoms with Gasteiger partial charge in [-0.15, -0.1) is 0 Å². The summed E-state index contributed by atoms with van der Waals surface area (Å²) in [5, 5.41) is 2.97. The molecule has 0 aliphatic carbocycles. The molecule has 0 bridgehead atoms. The molecule has 7 nitrogen and oxygen atoms in total. The van der Waals surface area contributed by atoms with Gasteiger partial charge in [-0.1, -0.05) is 91.3 Å². The van der Waals surface area contributed by atoms with Crippen LogP contribution in [0.4, 0.5) is 5.69 Å². The molecule has 4 aromatic rings. The Bertz CT molecular complexity index is 1660. The fourth-order valence-corrected chi connectivity index (χ4v) is 6.35. The smallest absolute Gasteiger partial charge is 0.264 e. The van der Waals surface area contributed by atoms with Crippen molar-refractivity contribution in [1.29, 1.82) is 0 Å². The summed E-state index contributed by atoms with van der Waals surface area (Å²) >= 11 is 0. The van der Waals surface area contributed by atoms with Crippen LogP contribution in [0, 0.1) is 20.8 Å². The van der Waals surface area contributed by atoms with Gasteiger partial charge in [0, 0.05) is 19.5 Å². The van der Waals surface area contributed by atoms with Crippen LogP contribution in [0.15, 0.2) is 108 Å². The van der Waals surface area contributed by atoms with Crippen molar-refractivity contribution in [1.82, 2.24) is 10.2 Å². The molecule has 0 heterocycles. The summed E-state index contributed by atoms with van der Waals surface area (Å²) in [5.41, 5.74) is 4.95. The molecule has 0 aliphatic heterocycles. The molecule has 4 aromatic carbocycles. The van der Waals surface area contributed by atoms with Gasteiger partial charge in [0.1, 0.15) is 12.6 Å². The molecule has 0 saturated carbocycles. The fourth-order valence-electron chi connectivity index (χ4n) is 4.95. The predicted octanol–water partition coefficient (Wildman–Crippen LogP) is 5.97. The van der Waals surface area contributed by atoms with Gasteiger partial charge < -0.3 is 10.2 Å². The minimum Gasteiger partial charge on any atom is -0.354 e. The van der Waals surface area contributed by atoms with Crippen LogP contribution in [0.3, 0.4) is 0 Å². The monoisotopic (exact) mass is 611 g/mol. The third kappa shape index (κ3) is 8.14. The summed E-state index contributed by atoms with van der Waals surface area (Å²) in [6.07, 6.45) is 1.02. The van der Waals surface area contributed by atoms with Crippen molar-refractivity contribution < 1.29 is 18.0 Å². The van der Waals surface area contributed by atoms with Crippen LogP contribution in [0.2, 0.25) is 0 Å². The summed E-state index contributed by atoms with van der Waals surface area (Å²) in [5.74, 6) is -0.755. The highest BCUT2D eigenvalue weighted by Crippen LogP contribution is 2.27. The second kappa shape index (κ2) is 14.8. The molecule has 0 aliphatic rings. The van der Waals surface area contributed by atoms with Gasteiger partial charge in [0.05, 0.1) is 10.6 Å². The average molecular weight is 612 g/mol. The lowest BCUT2D eigenvalue weighted by molar-refractivity contribution is -0.140. The number of anilines is 1. The second-order valence-corrected chi connectivity index (χ2v) is 13.0. The largest absolute Gasteiger partial charge is 0.354 e. The maximum absolute atomic E-state index is 14.5. The normalized spacial score (nSPS) is 11.9. The van der Waals surface area contributed by atoms with Gasteiger partial charge in [0.15, 0.2) is 0 Å². The Morgan fingerprint density at radius 1 is 0.773 bits per heavy atom. The molecule has 0 radical (unpaired) electrons. The Morgan fingerprint density at radius 3 is 1.98 bits per heavy atom. The third-order valence-corrected chi connectivity index (χ3v) is 9.47. The zero-order valence-corrected chi connectivity index (χ0v) is 26.7. The first-order chi connectivity index (χ1) is 21.1. The number of carbonyl (C=O) groups is 2. The number of hydrogen-bond acceptors (Lipinski definition) is 4. The van der Waals surface area contributed by atoms with E-state index in [1.807, 2.05) is 94.4 Å². The molecule has 4 rings (SSSR count). The summed E-state index contributed by atoms with van der Waals surface area (Å²) in [6, 6.07) is 30.1. The van der Waals surface area contributed by atoms with Crippen molar-refractivity contribution in [3.05, 3.63) is 131 Å². The first-order valence-corrected chi connectivity index (χ1v) is 16.4. The fraction of sp³-hybridized carbons (Fsp3) is 0.278. The van der Waals surface area contributed by atoms with Gasteiger partial charge in [0.25, 0.3) is 10.0 Å². The van der Waals surface area contributed by atoms with Gasteiger partial charge >= 0.3 is 0 Å². The average Bonchev–Trinajstić information content (AvgIpc) is 3.02. The lowest BCUT2D eigenvalue weighted by Gasteiger charge is -2.34. The molecular formula is C36H41N3O4S. The first kappa shape index (κ1) is 32.5. The van der Waals surface area contributed by atoms with E-state index in [0.717, 1.165) is 38.5 Å². The van der Waals surface area contributed by atoms with Crippen LogP contribution in [0.25, 0.3) is 0 Å². The number of aryl methyl sites for hydroxylation is 3. The number of hydrogen-bond donors (Lipinski definition) is 1. The predicted molar refractivity (Wildman–Crippen MR) is 176 cm³/mol. The molecule has 1 atom stereocenters. The lowest BCUT2D eigenvalue weighted by Crippen LogP contribution is -2.53. The van der Waals surface area contributed by atoms with E-state index in [2.05, 4.69) is 5.32 Å². The Kier molecular flexibility index (Phi) is 11.0. The topological polar surface area (TPSA) is 86.8 Å². The maximum atomic E-state index is 14.5. The van der Waals surface area contributed by atoms with Crippen LogP contribution in [0.1, 0.15) is 41.2 Å². The number of nitrogens with one attached hydrogen (secondary N) is 1. The maximum Gasteiger partial charge on any atom is 0.264 e. The van der Waals surface area contributed by atoms with E-state index < -0.39 is 28.5 Å². The van der Waals surface area contributed by atoms with Gasteiger partial charge in [-0.25, -0.2) is 8.42 Å². The van der Waals surface area contributed by atoms with Crippen LogP contribution in [-0.4, -0.2) is 44.3 Å². The Morgan fingerprint density at radius 2 is 1.39 bits per heavy atom. The third-order valence-electron chi connectivity index (χ3n) is 7.68. The van der Waals surface area contributed by atoms with Crippen molar-refractivity contribution in [2.75, 3.05) is 17.4 Å². The molecule has 0 aromatic heterocycles. The number of nitrogens with zero attached hydrogens (tertiary/aromatic N) is 2. The number of benzene rings is 4. The quantitative estimate of drug-likeness (QED) is 0.202. The zero-order chi connectivity index (χ0) is 31.7.